The zero-order valence-corrected chi connectivity index (χ0v) is 21.1. The normalized spacial score (nSPS) is 11.6. The van der Waals surface area contributed by atoms with Crippen LogP contribution in [0.4, 0.5) is 13.2 Å². The van der Waals surface area contributed by atoms with E-state index in [0.717, 1.165) is 39.1 Å². The second kappa shape index (κ2) is 10.6. The van der Waals surface area contributed by atoms with Crippen molar-refractivity contribution in [2.45, 2.75) is 32.5 Å². The summed E-state index contributed by atoms with van der Waals surface area (Å²) in [4.78, 5) is 28.8. The first kappa shape index (κ1) is 26.5. The molecule has 0 spiro atoms. The van der Waals surface area contributed by atoms with Crippen molar-refractivity contribution in [2.75, 3.05) is 0 Å². The van der Waals surface area contributed by atoms with Crippen LogP contribution in [0.2, 0.25) is 0 Å². The van der Waals surface area contributed by atoms with E-state index in [0.29, 0.717) is 24.5 Å². The number of hydrogen-bond donors (Lipinski definition) is 2. The molecule has 13 heteroatoms. The van der Waals surface area contributed by atoms with Gasteiger partial charge in [-0.3, -0.25) is 4.79 Å². The van der Waals surface area contributed by atoms with Crippen molar-refractivity contribution in [1.82, 2.24) is 34.7 Å². The predicted molar refractivity (Wildman–Crippen MR) is 137 cm³/mol. The van der Waals surface area contributed by atoms with E-state index in [4.69, 9.17) is 0 Å². The van der Waals surface area contributed by atoms with Crippen molar-refractivity contribution in [3.05, 3.63) is 89.6 Å². The number of ketones is 1. The highest BCUT2D eigenvalue weighted by molar-refractivity contribution is 6.00. The number of aromatic nitrogens is 7. The van der Waals surface area contributed by atoms with Gasteiger partial charge in [0.1, 0.15) is 5.82 Å². The zero-order valence-electron chi connectivity index (χ0n) is 21.1. The second-order valence-electron chi connectivity index (χ2n) is 8.91. The molecule has 5 aromatic rings. The number of nitrogens with one attached hydrogen (secondary N) is 1. The van der Waals surface area contributed by atoms with E-state index in [1.807, 2.05) is 55.5 Å². The third-order valence-corrected chi connectivity index (χ3v) is 6.31. The van der Waals surface area contributed by atoms with Gasteiger partial charge in [-0.05, 0) is 34.4 Å². The SMILES string of the molecule is CCCc1nc(-n2ccc(C(=O)C(F)(F)F)c2)c(C(=O)O)n1Cc1ccccc1-c1ccccc1-c1nn[nH]n1. The molecule has 3 heterocycles. The van der Waals surface area contributed by atoms with E-state index in [-0.39, 0.29) is 18.1 Å². The van der Waals surface area contributed by atoms with Gasteiger partial charge in [-0.25, -0.2) is 9.78 Å². The van der Waals surface area contributed by atoms with E-state index < -0.39 is 23.5 Å². The van der Waals surface area contributed by atoms with Crippen molar-refractivity contribution < 1.29 is 27.9 Å². The second-order valence-corrected chi connectivity index (χ2v) is 8.91. The van der Waals surface area contributed by atoms with Gasteiger partial charge in [-0.2, -0.15) is 18.4 Å². The van der Waals surface area contributed by atoms with Gasteiger partial charge in [0.2, 0.25) is 5.82 Å². The number of alkyl halides is 3. The molecule has 0 aliphatic rings. The summed E-state index contributed by atoms with van der Waals surface area (Å²) in [5, 5.41) is 24.5. The van der Waals surface area contributed by atoms with E-state index in [1.54, 1.807) is 4.57 Å². The number of aromatic carboxylic acids is 1. The molecule has 0 saturated heterocycles. The minimum atomic E-state index is -5.06. The number of rotatable bonds is 9. The Bertz CT molecular complexity index is 1690. The Hall–Kier alpha value is -5.07. The van der Waals surface area contributed by atoms with Gasteiger partial charge in [-0.1, -0.05) is 55.5 Å². The van der Waals surface area contributed by atoms with Crippen LogP contribution in [0.15, 0.2) is 67.0 Å². The molecule has 5 rings (SSSR count). The molecule has 0 unspecified atom stereocenters. The Morgan fingerprint density at radius 2 is 1.70 bits per heavy atom. The summed E-state index contributed by atoms with van der Waals surface area (Å²) in [6.45, 7) is 2.01. The van der Waals surface area contributed by atoms with E-state index in [2.05, 4.69) is 25.6 Å². The lowest BCUT2D eigenvalue weighted by Crippen LogP contribution is -2.22. The number of benzene rings is 2. The highest BCUT2D eigenvalue weighted by Crippen LogP contribution is 2.33. The van der Waals surface area contributed by atoms with Gasteiger partial charge in [0.25, 0.3) is 5.78 Å². The summed E-state index contributed by atoms with van der Waals surface area (Å²) in [5.41, 5.74) is 2.26. The van der Waals surface area contributed by atoms with Crippen molar-refractivity contribution in [1.29, 1.82) is 0 Å². The fourth-order valence-corrected chi connectivity index (χ4v) is 4.57. The summed E-state index contributed by atoms with van der Waals surface area (Å²) in [5.74, 6) is -2.59. The smallest absolute Gasteiger partial charge is 0.454 e. The van der Waals surface area contributed by atoms with Crippen LogP contribution >= 0.6 is 0 Å². The number of hydrogen-bond acceptors (Lipinski definition) is 6. The number of imidazole rings is 1. The van der Waals surface area contributed by atoms with Crippen LogP contribution < -0.4 is 0 Å². The monoisotopic (exact) mass is 549 g/mol. The quantitative estimate of drug-likeness (QED) is 0.248. The Labute approximate surface area is 225 Å². The molecule has 0 fully saturated rings. The lowest BCUT2D eigenvalue weighted by atomic mass is 9.95. The number of carbonyl (C=O) groups excluding carboxylic acids is 1. The minimum Gasteiger partial charge on any atom is -0.476 e. The number of nitrogens with zero attached hydrogens (tertiary/aromatic N) is 6. The Morgan fingerprint density at radius 3 is 2.35 bits per heavy atom. The Balaban J connectivity index is 1.62. The maximum absolute atomic E-state index is 13.0. The van der Waals surface area contributed by atoms with Gasteiger partial charge < -0.3 is 14.2 Å². The number of carbonyl (C=O) groups is 2. The van der Waals surface area contributed by atoms with E-state index in [1.165, 1.54) is 6.20 Å². The molecule has 0 atom stereocenters. The van der Waals surface area contributed by atoms with Crippen LogP contribution in [0.5, 0.6) is 0 Å². The van der Waals surface area contributed by atoms with Crippen LogP contribution in [0.1, 0.15) is 45.6 Å². The van der Waals surface area contributed by atoms with E-state index in [9.17, 15) is 27.9 Å². The van der Waals surface area contributed by atoms with Gasteiger partial charge in [0, 0.05) is 29.9 Å². The molecule has 3 aromatic heterocycles. The first-order valence-corrected chi connectivity index (χ1v) is 12.2. The van der Waals surface area contributed by atoms with Crippen LogP contribution in [0.3, 0.4) is 0 Å². The molecule has 40 heavy (non-hydrogen) atoms. The number of carboxylic acids is 1. The maximum Gasteiger partial charge on any atom is 0.454 e. The first-order chi connectivity index (χ1) is 19.2. The Kier molecular flexibility index (Phi) is 7.03. The highest BCUT2D eigenvalue weighted by atomic mass is 19.4. The molecular formula is C27H22F3N7O3. The maximum atomic E-state index is 13.0. The average molecular weight is 550 g/mol. The molecule has 0 saturated carbocycles. The first-order valence-electron chi connectivity index (χ1n) is 12.2. The zero-order chi connectivity index (χ0) is 28.4. The lowest BCUT2D eigenvalue weighted by molar-refractivity contribution is -0.0885. The fraction of sp³-hybridized carbons (Fsp3) is 0.185. The van der Waals surface area contributed by atoms with Crippen molar-refractivity contribution >= 4 is 11.8 Å². The third kappa shape index (κ3) is 5.00. The molecule has 10 nitrogen and oxygen atoms in total. The number of halogens is 3. The summed E-state index contributed by atoms with van der Waals surface area (Å²) in [6, 6.07) is 15.9. The van der Waals surface area contributed by atoms with Gasteiger partial charge in [-0.15, -0.1) is 10.2 Å². The molecule has 2 N–H and O–H groups in total. The summed E-state index contributed by atoms with van der Waals surface area (Å²) < 4.78 is 41.6. The third-order valence-electron chi connectivity index (χ3n) is 6.31. The van der Waals surface area contributed by atoms with Gasteiger partial charge in [0.15, 0.2) is 11.5 Å². The van der Waals surface area contributed by atoms with Crippen LogP contribution in [0.25, 0.3) is 28.3 Å². The van der Waals surface area contributed by atoms with E-state index >= 15 is 0 Å². The number of carboxylic acid groups (broad SMARTS) is 1. The highest BCUT2D eigenvalue weighted by Gasteiger charge is 2.40. The van der Waals surface area contributed by atoms with Crippen LogP contribution in [0, 0.1) is 0 Å². The average Bonchev–Trinajstić information content (AvgIpc) is 3.69. The summed E-state index contributed by atoms with van der Waals surface area (Å²) in [6.07, 6.45) is -1.86. The molecule has 0 aliphatic carbocycles. The number of aromatic amines is 1. The molecule has 0 bridgehead atoms. The van der Waals surface area contributed by atoms with Crippen molar-refractivity contribution in [3.63, 3.8) is 0 Å². The summed E-state index contributed by atoms with van der Waals surface area (Å²) >= 11 is 0. The van der Waals surface area contributed by atoms with Gasteiger partial charge in [0.05, 0.1) is 6.54 Å². The molecule has 2 aromatic carbocycles. The minimum absolute atomic E-state index is 0.0816. The van der Waals surface area contributed by atoms with Crippen molar-refractivity contribution in [2.24, 2.45) is 0 Å². The van der Waals surface area contributed by atoms with Crippen LogP contribution in [-0.2, 0) is 13.0 Å². The molecular weight excluding hydrogens is 527 g/mol. The molecule has 0 radical (unpaired) electrons. The number of Topliss-reactive ketones (excluding diaryl/α,β-unsaturated/α-hetero) is 1. The van der Waals surface area contributed by atoms with Crippen molar-refractivity contribution in [3.8, 4) is 28.3 Å². The molecule has 0 aliphatic heterocycles. The van der Waals surface area contributed by atoms with Gasteiger partial charge >= 0.3 is 12.1 Å². The predicted octanol–water partition coefficient (Wildman–Crippen LogP) is 4.96. The number of aryl methyl sites for hydroxylation is 1. The lowest BCUT2D eigenvalue weighted by Gasteiger charge is -2.15. The summed E-state index contributed by atoms with van der Waals surface area (Å²) in [7, 11) is 0. The fourth-order valence-electron chi connectivity index (χ4n) is 4.57. The Morgan fingerprint density at radius 1 is 1.00 bits per heavy atom. The standard InChI is InChI=1S/C27H22F3N7O3/c1-2-7-21-31-25(36-13-12-17(14-36)23(38)27(28,29)30)22(26(39)40)37(21)15-16-8-3-4-9-18(16)19-10-5-6-11-20(19)24-32-34-35-33-24/h3-6,8-14H,2,7,15H2,1H3,(H,39,40)(H,32,33,34,35). The molecule has 204 valence electrons. The number of tetrazole rings is 1. The van der Waals surface area contributed by atoms with Crippen LogP contribution in [-0.4, -0.2) is 57.8 Å². The number of H-pyrrole nitrogens is 1. The largest absolute Gasteiger partial charge is 0.476 e. The molecule has 0 amide bonds. The topological polar surface area (TPSA) is 132 Å².